The number of aryl methyl sites for hydroxylation is 1. The van der Waals surface area contributed by atoms with E-state index in [1.165, 1.54) is 11.3 Å². The molecule has 0 unspecified atom stereocenters. The van der Waals surface area contributed by atoms with E-state index < -0.39 is 0 Å². The second-order valence-corrected chi connectivity index (χ2v) is 8.50. The Labute approximate surface area is 175 Å². The molecule has 29 heavy (non-hydrogen) atoms. The number of rotatable bonds is 7. The van der Waals surface area contributed by atoms with Crippen LogP contribution in [0.25, 0.3) is 0 Å². The van der Waals surface area contributed by atoms with Crippen LogP contribution in [0.2, 0.25) is 0 Å². The molecule has 0 atom stereocenters. The molecule has 1 N–H and O–H groups in total. The zero-order valence-corrected chi connectivity index (χ0v) is 18.2. The summed E-state index contributed by atoms with van der Waals surface area (Å²) in [4.78, 5) is 28.5. The molecule has 1 aromatic heterocycles. The summed E-state index contributed by atoms with van der Waals surface area (Å²) in [5.74, 6) is -0.0393. The summed E-state index contributed by atoms with van der Waals surface area (Å²) in [6, 6.07) is 7.95. The average molecular weight is 417 g/mol. The van der Waals surface area contributed by atoms with Gasteiger partial charge < -0.3 is 14.8 Å². The van der Waals surface area contributed by atoms with Crippen LogP contribution in [-0.4, -0.2) is 42.6 Å². The summed E-state index contributed by atoms with van der Waals surface area (Å²) in [6.45, 7) is 9.94. The summed E-state index contributed by atoms with van der Waals surface area (Å²) in [6.07, 6.45) is 0.772. The lowest BCUT2D eigenvalue weighted by molar-refractivity contribution is -0.118. The summed E-state index contributed by atoms with van der Waals surface area (Å²) < 4.78 is 10.8. The Balaban J connectivity index is 1.75. The molecule has 156 valence electrons. The number of fused-ring (bicyclic) bond motifs is 1. The van der Waals surface area contributed by atoms with Gasteiger partial charge in [0, 0.05) is 24.0 Å². The fourth-order valence-corrected chi connectivity index (χ4v) is 4.59. The van der Waals surface area contributed by atoms with Crippen molar-refractivity contribution in [1.29, 1.82) is 0 Å². The third-order valence-electron chi connectivity index (χ3n) is 4.94. The van der Waals surface area contributed by atoms with E-state index in [4.69, 9.17) is 9.47 Å². The number of ether oxygens (including phenoxy) is 2. The van der Waals surface area contributed by atoms with Gasteiger partial charge in [0.2, 0.25) is 0 Å². The minimum atomic E-state index is -0.377. The summed E-state index contributed by atoms with van der Waals surface area (Å²) >= 11 is 1.46. The van der Waals surface area contributed by atoms with E-state index in [-0.39, 0.29) is 18.5 Å². The number of amides is 1. The maximum Gasteiger partial charge on any atom is 0.341 e. The number of hydrogen-bond donors (Lipinski definition) is 1. The monoisotopic (exact) mass is 416 g/mol. The van der Waals surface area contributed by atoms with Gasteiger partial charge in [-0.15, -0.1) is 11.3 Å². The topological polar surface area (TPSA) is 67.9 Å². The molecule has 0 spiro atoms. The second-order valence-electron chi connectivity index (χ2n) is 7.39. The molecule has 2 aromatic rings. The molecular weight excluding hydrogens is 388 g/mol. The number of thiophene rings is 1. The number of carbonyl (C=O) groups is 2. The van der Waals surface area contributed by atoms with Crippen LogP contribution in [-0.2, 0) is 22.5 Å². The lowest BCUT2D eigenvalue weighted by atomic mass is 10.0. The number of anilines is 1. The van der Waals surface area contributed by atoms with Gasteiger partial charge in [0.25, 0.3) is 5.91 Å². The molecule has 1 aromatic carbocycles. The Bertz CT molecular complexity index is 874. The first-order valence-electron chi connectivity index (χ1n) is 9.94. The van der Waals surface area contributed by atoms with Crippen molar-refractivity contribution in [2.45, 2.75) is 46.7 Å². The highest BCUT2D eigenvalue weighted by atomic mass is 32.1. The van der Waals surface area contributed by atoms with Crippen LogP contribution < -0.4 is 10.1 Å². The smallest absolute Gasteiger partial charge is 0.341 e. The molecule has 0 bridgehead atoms. The fourth-order valence-electron chi connectivity index (χ4n) is 3.32. The van der Waals surface area contributed by atoms with Crippen molar-refractivity contribution in [1.82, 2.24) is 4.90 Å². The third-order valence-corrected chi connectivity index (χ3v) is 6.07. The Morgan fingerprint density at radius 1 is 1.24 bits per heavy atom. The van der Waals surface area contributed by atoms with Crippen LogP contribution in [0.1, 0.15) is 47.1 Å². The van der Waals surface area contributed by atoms with E-state index in [2.05, 4.69) is 24.1 Å². The van der Waals surface area contributed by atoms with Gasteiger partial charge in [-0.1, -0.05) is 17.7 Å². The maximum atomic E-state index is 12.6. The predicted octanol–water partition coefficient (Wildman–Crippen LogP) is 4.02. The molecule has 0 saturated heterocycles. The Hall–Kier alpha value is -2.38. The lowest BCUT2D eigenvalue weighted by Crippen LogP contribution is -2.35. The van der Waals surface area contributed by atoms with Crippen LogP contribution in [0.5, 0.6) is 5.75 Å². The zero-order valence-electron chi connectivity index (χ0n) is 17.4. The van der Waals surface area contributed by atoms with Crippen LogP contribution in [0.4, 0.5) is 5.00 Å². The molecule has 0 fully saturated rings. The average Bonchev–Trinajstić information content (AvgIpc) is 3.04. The summed E-state index contributed by atoms with van der Waals surface area (Å²) in [5.41, 5.74) is 2.62. The van der Waals surface area contributed by atoms with Crippen molar-refractivity contribution in [3.63, 3.8) is 0 Å². The molecule has 0 aliphatic carbocycles. The predicted molar refractivity (Wildman–Crippen MR) is 115 cm³/mol. The first kappa shape index (κ1) is 21.3. The number of esters is 1. The highest BCUT2D eigenvalue weighted by Gasteiger charge is 2.30. The summed E-state index contributed by atoms with van der Waals surface area (Å²) in [7, 11) is 0. The lowest BCUT2D eigenvalue weighted by Gasteiger charge is -2.30. The van der Waals surface area contributed by atoms with Crippen molar-refractivity contribution in [2.24, 2.45) is 0 Å². The molecule has 1 amide bonds. The quantitative estimate of drug-likeness (QED) is 0.691. The van der Waals surface area contributed by atoms with Crippen LogP contribution in [0, 0.1) is 6.92 Å². The molecule has 2 heterocycles. The molecular formula is C22H28N2O4S. The number of carbonyl (C=O) groups excluding carboxylic acids is 2. The number of nitrogens with one attached hydrogen (secondary N) is 1. The maximum absolute atomic E-state index is 12.6. The molecule has 1 aliphatic heterocycles. The Kier molecular flexibility index (Phi) is 6.92. The van der Waals surface area contributed by atoms with Gasteiger partial charge in [0.1, 0.15) is 10.8 Å². The second kappa shape index (κ2) is 9.41. The van der Waals surface area contributed by atoms with Crippen molar-refractivity contribution in [2.75, 3.05) is 25.1 Å². The van der Waals surface area contributed by atoms with Crippen molar-refractivity contribution in [3.05, 3.63) is 45.8 Å². The largest absolute Gasteiger partial charge is 0.484 e. The van der Waals surface area contributed by atoms with Crippen molar-refractivity contribution < 1.29 is 19.1 Å². The molecule has 1 aliphatic rings. The Morgan fingerprint density at radius 3 is 2.62 bits per heavy atom. The van der Waals surface area contributed by atoms with E-state index in [1.807, 2.05) is 31.2 Å². The normalized spacial score (nSPS) is 13.8. The molecule has 0 radical (unpaired) electrons. The van der Waals surface area contributed by atoms with Crippen LogP contribution in [0.3, 0.4) is 0 Å². The SMILES string of the molecule is CCOC(=O)c1c(NC(=O)COc2ccc(C)cc2)sc2c1CCN(C(C)C)C2. The van der Waals surface area contributed by atoms with Gasteiger partial charge in [0.05, 0.1) is 12.2 Å². The summed E-state index contributed by atoms with van der Waals surface area (Å²) in [5, 5.41) is 3.42. The van der Waals surface area contributed by atoms with Gasteiger partial charge in [-0.25, -0.2) is 4.79 Å². The van der Waals surface area contributed by atoms with Gasteiger partial charge in [0.15, 0.2) is 6.61 Å². The minimum absolute atomic E-state index is 0.119. The standard InChI is InChI=1S/C22H28N2O4S/c1-5-27-22(26)20-17-10-11-24(14(2)3)12-18(17)29-21(20)23-19(25)13-28-16-8-6-15(4)7-9-16/h6-9,14H,5,10-13H2,1-4H3,(H,23,25). The van der Waals surface area contributed by atoms with Gasteiger partial charge in [-0.05, 0) is 51.8 Å². The van der Waals surface area contributed by atoms with E-state index >= 15 is 0 Å². The van der Waals surface area contributed by atoms with E-state index in [0.29, 0.717) is 29.0 Å². The highest BCUT2D eigenvalue weighted by Crippen LogP contribution is 2.38. The Morgan fingerprint density at radius 2 is 1.97 bits per heavy atom. The number of benzene rings is 1. The zero-order chi connectivity index (χ0) is 21.0. The highest BCUT2D eigenvalue weighted by molar-refractivity contribution is 7.17. The van der Waals surface area contributed by atoms with Crippen molar-refractivity contribution >= 4 is 28.2 Å². The molecule has 7 heteroatoms. The van der Waals surface area contributed by atoms with E-state index in [1.54, 1.807) is 6.92 Å². The number of hydrogen-bond acceptors (Lipinski definition) is 6. The van der Waals surface area contributed by atoms with Gasteiger partial charge >= 0.3 is 5.97 Å². The van der Waals surface area contributed by atoms with Crippen molar-refractivity contribution in [3.8, 4) is 5.75 Å². The first-order chi connectivity index (χ1) is 13.9. The van der Waals surface area contributed by atoms with E-state index in [9.17, 15) is 9.59 Å². The number of nitrogens with zero attached hydrogens (tertiary/aromatic N) is 1. The van der Waals surface area contributed by atoms with Crippen LogP contribution in [0.15, 0.2) is 24.3 Å². The first-order valence-corrected chi connectivity index (χ1v) is 10.8. The van der Waals surface area contributed by atoms with Gasteiger partial charge in [-0.2, -0.15) is 0 Å². The van der Waals surface area contributed by atoms with Gasteiger partial charge in [-0.3, -0.25) is 9.69 Å². The minimum Gasteiger partial charge on any atom is -0.484 e. The van der Waals surface area contributed by atoms with E-state index in [0.717, 1.165) is 35.5 Å². The molecule has 3 rings (SSSR count). The third kappa shape index (κ3) is 5.16. The molecule has 0 saturated carbocycles. The fraction of sp³-hybridized carbons (Fsp3) is 0.455. The molecule has 6 nitrogen and oxygen atoms in total. The van der Waals surface area contributed by atoms with Crippen LogP contribution >= 0.6 is 11.3 Å².